The maximum Gasteiger partial charge on any atom is 1.00 e. The molecule has 0 aliphatic rings. The molecule has 42 heavy (non-hydrogen) atoms. The molecule has 0 bridgehead atoms. The standard InChI is InChI=1S/C11H21O7P.C7H15O4P.C5H9ClO3.HI.Na/c1-5-7-19(13,16-8-14-6-2)17-9-15-11(12)18-10(3)4;1-4-6-12(8,9-3)11-7-10-5-2;1-4(2)9-5(7)8-3-6;;/h5,10H,1,6-9H2,2-4H3;4H,1,5-7H2,2-3H3;4H,3H2,1-2H3;1H;/q;;;;+1/p-1. The fraction of sp³-hybridized carbons (Fsp3) is 0.739. The van der Waals surface area contributed by atoms with Crippen LogP contribution in [-0.4, -0.2) is 83.6 Å². The molecule has 0 aliphatic carbocycles. The molecule has 0 aromatic heterocycles. The summed E-state index contributed by atoms with van der Waals surface area (Å²) in [6, 6.07) is -0.161. The van der Waals surface area contributed by atoms with E-state index in [0.29, 0.717) is 13.2 Å². The van der Waals surface area contributed by atoms with Crippen molar-refractivity contribution < 1.29 is 119 Å². The Hall–Kier alpha value is 0.260. The SMILES string of the molecule is C=CCP(=O)(OC)OCOCC.C=CCP(=O)(OCOCC)OCOC(=O)OC(C)C.CC(C)OC(=O)OCCl.[I-].[Na+]. The van der Waals surface area contributed by atoms with Crippen LogP contribution in [0, 0.1) is 0 Å². The van der Waals surface area contributed by atoms with E-state index in [-0.39, 0.29) is 97.7 Å². The minimum atomic E-state index is -3.42. The van der Waals surface area contributed by atoms with Gasteiger partial charge in [-0.05, 0) is 41.5 Å². The van der Waals surface area contributed by atoms with Crippen molar-refractivity contribution in [2.75, 3.05) is 59.1 Å². The first-order chi connectivity index (χ1) is 18.8. The van der Waals surface area contributed by atoms with Gasteiger partial charge in [-0.25, -0.2) is 9.59 Å². The quantitative estimate of drug-likeness (QED) is 0.0263. The monoisotopic (exact) mass is 792 g/mol. The molecule has 0 radical (unpaired) electrons. The number of hydrogen-bond donors (Lipinski definition) is 0. The molecule has 0 rings (SSSR count). The van der Waals surface area contributed by atoms with Gasteiger partial charge in [0.2, 0.25) is 6.79 Å². The van der Waals surface area contributed by atoms with Gasteiger partial charge in [0.05, 0.1) is 24.5 Å². The first-order valence-electron chi connectivity index (χ1n) is 12.1. The molecule has 0 amide bonds. The van der Waals surface area contributed by atoms with Gasteiger partial charge >= 0.3 is 57.1 Å². The minimum Gasteiger partial charge on any atom is -1.00 e. The van der Waals surface area contributed by atoms with Crippen molar-refractivity contribution in [3.8, 4) is 0 Å². The molecule has 0 aromatic rings. The molecule has 0 spiro atoms. The molecule has 0 heterocycles. The second-order valence-corrected chi connectivity index (χ2v) is 11.8. The van der Waals surface area contributed by atoms with Crippen LogP contribution < -0.4 is 53.5 Å². The van der Waals surface area contributed by atoms with Gasteiger partial charge in [-0.3, -0.25) is 22.7 Å². The van der Waals surface area contributed by atoms with Crippen LogP contribution >= 0.6 is 26.8 Å². The molecular formula is C23H45ClINaO14P2. The first-order valence-corrected chi connectivity index (χ1v) is 16.0. The molecule has 0 aromatic carbocycles. The molecule has 0 fully saturated rings. The van der Waals surface area contributed by atoms with Crippen molar-refractivity contribution in [1.82, 2.24) is 0 Å². The minimum absolute atomic E-state index is 0. The molecule has 0 N–H and O–H groups in total. The fourth-order valence-electron chi connectivity index (χ4n) is 1.69. The summed E-state index contributed by atoms with van der Waals surface area (Å²) in [6.45, 7) is 17.6. The van der Waals surface area contributed by atoms with Crippen LogP contribution in [0.4, 0.5) is 9.59 Å². The van der Waals surface area contributed by atoms with Gasteiger partial charge in [-0.2, -0.15) is 0 Å². The Morgan fingerprint density at radius 3 is 1.50 bits per heavy atom. The Balaban J connectivity index is -0.000000172. The van der Waals surface area contributed by atoms with Crippen LogP contribution in [0.1, 0.15) is 41.5 Å². The van der Waals surface area contributed by atoms with E-state index in [1.54, 1.807) is 34.6 Å². The molecule has 14 nitrogen and oxygen atoms in total. The van der Waals surface area contributed by atoms with Crippen molar-refractivity contribution in [1.29, 1.82) is 0 Å². The molecule has 2 unspecified atom stereocenters. The number of halogens is 2. The summed E-state index contributed by atoms with van der Waals surface area (Å²) >= 11 is 5.06. The third-order valence-electron chi connectivity index (χ3n) is 3.32. The van der Waals surface area contributed by atoms with Gasteiger partial charge < -0.3 is 56.9 Å². The van der Waals surface area contributed by atoms with Crippen molar-refractivity contribution >= 4 is 39.1 Å². The van der Waals surface area contributed by atoms with E-state index in [0.717, 1.165) is 0 Å². The van der Waals surface area contributed by atoms with E-state index >= 15 is 0 Å². The Kier molecular flexibility index (Phi) is 42.1. The Morgan fingerprint density at radius 1 is 0.762 bits per heavy atom. The summed E-state index contributed by atoms with van der Waals surface area (Å²) in [7, 11) is -5.04. The van der Waals surface area contributed by atoms with Crippen molar-refractivity contribution in [2.45, 2.75) is 53.8 Å². The van der Waals surface area contributed by atoms with Crippen molar-refractivity contribution in [3.05, 3.63) is 25.3 Å². The molecule has 246 valence electrons. The van der Waals surface area contributed by atoms with E-state index in [2.05, 4.69) is 27.4 Å². The van der Waals surface area contributed by atoms with Gasteiger partial charge in [0.15, 0.2) is 19.7 Å². The Labute approximate surface area is 294 Å². The second kappa shape index (κ2) is 34.1. The average Bonchev–Trinajstić information content (AvgIpc) is 2.85. The number of rotatable bonds is 19. The van der Waals surface area contributed by atoms with Gasteiger partial charge in [-0.15, -0.1) is 13.2 Å². The maximum absolute atomic E-state index is 12.1. The average molecular weight is 793 g/mol. The zero-order chi connectivity index (χ0) is 31.5. The summed E-state index contributed by atoms with van der Waals surface area (Å²) in [6.07, 6.45) is 1.00. The van der Waals surface area contributed by atoms with Crippen LogP contribution in [0.25, 0.3) is 0 Å². The van der Waals surface area contributed by atoms with Gasteiger partial charge in [0.1, 0.15) is 0 Å². The van der Waals surface area contributed by atoms with Gasteiger partial charge in [0.25, 0.3) is 0 Å². The van der Waals surface area contributed by atoms with E-state index < -0.39 is 34.3 Å². The smallest absolute Gasteiger partial charge is 1.00 e. The number of carbonyl (C=O) groups is 2. The first kappa shape index (κ1) is 51.8. The third-order valence-corrected chi connectivity index (χ3v) is 6.89. The number of allylic oxidation sites excluding steroid dienone is 2. The molecule has 19 heteroatoms. The normalized spacial score (nSPS) is 12.7. The van der Waals surface area contributed by atoms with Crippen LogP contribution in [0.15, 0.2) is 25.3 Å². The van der Waals surface area contributed by atoms with Gasteiger partial charge in [-0.1, -0.05) is 23.8 Å². The van der Waals surface area contributed by atoms with E-state index in [1.165, 1.54) is 19.3 Å². The summed E-state index contributed by atoms with van der Waals surface area (Å²) in [5, 5.41) is 0. The van der Waals surface area contributed by atoms with Crippen LogP contribution in [0.3, 0.4) is 0 Å². The number of hydrogen-bond acceptors (Lipinski definition) is 14. The van der Waals surface area contributed by atoms with E-state index in [1.807, 2.05) is 6.92 Å². The van der Waals surface area contributed by atoms with Crippen molar-refractivity contribution in [2.24, 2.45) is 0 Å². The number of carbonyl (C=O) groups excluding carboxylic acids is 2. The summed E-state index contributed by atoms with van der Waals surface area (Å²) in [5.41, 5.74) is 0. The zero-order valence-corrected chi connectivity index (χ0v) is 32.4. The topological polar surface area (TPSA) is 161 Å². The zero-order valence-electron chi connectivity index (χ0n) is 25.7. The predicted octanol–water partition coefficient (Wildman–Crippen LogP) is 0.687. The summed E-state index contributed by atoms with van der Waals surface area (Å²) < 4.78 is 70.9. The largest absolute Gasteiger partial charge is 1.00 e. The van der Waals surface area contributed by atoms with Crippen LogP contribution in [0.2, 0.25) is 0 Å². The molecule has 0 saturated heterocycles. The number of ether oxygens (including phenoxy) is 6. The molecule has 0 aliphatic heterocycles. The molecule has 2 atom stereocenters. The van der Waals surface area contributed by atoms with Crippen molar-refractivity contribution in [3.63, 3.8) is 0 Å². The maximum atomic E-state index is 12.1. The van der Waals surface area contributed by atoms with E-state index in [4.69, 9.17) is 43.9 Å². The van der Waals surface area contributed by atoms with E-state index in [9.17, 15) is 18.7 Å². The Morgan fingerprint density at radius 2 is 1.14 bits per heavy atom. The Bertz CT molecular complexity index is 777. The molecular weight excluding hydrogens is 748 g/mol. The summed E-state index contributed by atoms with van der Waals surface area (Å²) in [4.78, 5) is 21.4. The number of alkyl halides is 1. The van der Waals surface area contributed by atoms with Crippen LogP contribution in [-0.2, 0) is 55.6 Å². The summed E-state index contributed by atoms with van der Waals surface area (Å²) in [5.74, 6) is 0. The second-order valence-electron chi connectivity index (χ2n) is 7.30. The fourth-order valence-corrected chi connectivity index (χ4v) is 3.74. The molecule has 0 saturated carbocycles. The third kappa shape index (κ3) is 36.5. The van der Waals surface area contributed by atoms with Gasteiger partial charge in [0, 0.05) is 20.3 Å². The predicted molar refractivity (Wildman–Crippen MR) is 150 cm³/mol. The van der Waals surface area contributed by atoms with Crippen LogP contribution in [0.5, 0.6) is 0 Å².